The van der Waals surface area contributed by atoms with Gasteiger partial charge in [0, 0.05) is 24.3 Å². The first-order valence-electron chi connectivity index (χ1n) is 15.4. The van der Waals surface area contributed by atoms with Crippen LogP contribution in [0.3, 0.4) is 0 Å². The molecule has 4 heterocycles. The molecule has 5 aromatic rings. The van der Waals surface area contributed by atoms with Crippen molar-refractivity contribution in [3.8, 4) is 28.3 Å². The van der Waals surface area contributed by atoms with Crippen LogP contribution in [0, 0.1) is 0 Å². The summed E-state index contributed by atoms with van der Waals surface area (Å²) in [6, 6.07) is 22.4. The predicted octanol–water partition coefficient (Wildman–Crippen LogP) is 4.13. The molecule has 7 rings (SSSR count). The van der Waals surface area contributed by atoms with Gasteiger partial charge < -0.3 is 30.0 Å². The van der Waals surface area contributed by atoms with Crippen molar-refractivity contribution in [3.63, 3.8) is 0 Å². The van der Waals surface area contributed by atoms with Gasteiger partial charge in [-0.1, -0.05) is 48.5 Å². The molecule has 234 valence electrons. The molecule has 0 radical (unpaired) electrons. The molecule has 1 atom stereocenters. The zero-order valence-electron chi connectivity index (χ0n) is 25.3. The van der Waals surface area contributed by atoms with Crippen LogP contribution in [-0.2, 0) is 0 Å². The van der Waals surface area contributed by atoms with Gasteiger partial charge in [-0.05, 0) is 62.8 Å². The largest absolute Gasteiger partial charge is 0.490 e. The fourth-order valence-corrected chi connectivity index (χ4v) is 6.25. The zero-order chi connectivity index (χ0) is 31.8. The first kappa shape index (κ1) is 29.5. The lowest BCUT2D eigenvalue weighted by molar-refractivity contribution is 0.0516. The standard InChI is InChI=1S/C35H34N6O5/c1-40-15-12-22(13-16-40)41-34(44)25-17-28-29(18-26(25)35(41)45)39-32(38-28)31-27(11-14-36-33(31)43)37-19-23(42)20-46-30-10-6-5-9-24(30)21-7-3-2-4-8-21/h2-11,14,17-18,22-23,42H,12-13,15-16,19-20H2,1H3,(H,38,39)(H2,36,37,43). The first-order valence-corrected chi connectivity index (χ1v) is 15.4. The molecule has 1 saturated heterocycles. The lowest BCUT2D eigenvalue weighted by Crippen LogP contribution is -2.46. The molecule has 1 unspecified atom stereocenters. The molecule has 0 aliphatic carbocycles. The van der Waals surface area contributed by atoms with E-state index in [2.05, 4.69) is 25.2 Å². The highest BCUT2D eigenvalue weighted by molar-refractivity contribution is 6.23. The molecule has 2 amide bonds. The average Bonchev–Trinajstić information content (AvgIpc) is 3.59. The van der Waals surface area contributed by atoms with Gasteiger partial charge in [-0.3, -0.25) is 19.3 Å². The van der Waals surface area contributed by atoms with Crippen molar-refractivity contribution in [2.45, 2.75) is 25.0 Å². The quantitative estimate of drug-likeness (QED) is 0.181. The SMILES string of the molecule is CN1CCC(N2C(=O)c3cc4nc(-c5c(NCC(O)COc6ccccc6-c6ccccc6)cc[nH]c5=O)[nH]c4cc3C2=O)CC1. The number of anilines is 1. The van der Waals surface area contributed by atoms with E-state index in [4.69, 9.17) is 4.74 Å². The minimum atomic E-state index is -0.890. The molecule has 2 aliphatic heterocycles. The first-order chi connectivity index (χ1) is 22.4. The summed E-state index contributed by atoms with van der Waals surface area (Å²) in [4.78, 5) is 53.8. The van der Waals surface area contributed by atoms with Gasteiger partial charge in [-0.2, -0.15) is 0 Å². The van der Waals surface area contributed by atoms with Gasteiger partial charge in [0.1, 0.15) is 29.8 Å². The van der Waals surface area contributed by atoms with Crippen molar-refractivity contribution in [2.75, 3.05) is 38.6 Å². The zero-order valence-corrected chi connectivity index (χ0v) is 25.3. The number of imide groups is 1. The lowest BCUT2D eigenvalue weighted by atomic mass is 10.0. The lowest BCUT2D eigenvalue weighted by Gasteiger charge is -2.33. The molecule has 0 saturated carbocycles. The van der Waals surface area contributed by atoms with Crippen LogP contribution in [-0.4, -0.2) is 87.1 Å². The van der Waals surface area contributed by atoms with Crippen LogP contribution >= 0.6 is 0 Å². The van der Waals surface area contributed by atoms with Crippen LogP contribution in [0.5, 0.6) is 5.75 Å². The number of benzene rings is 3. The number of hydrogen-bond acceptors (Lipinski definition) is 8. The van der Waals surface area contributed by atoms with Crippen molar-refractivity contribution >= 4 is 28.5 Å². The number of fused-ring (bicyclic) bond motifs is 2. The van der Waals surface area contributed by atoms with Crippen LogP contribution in [0.1, 0.15) is 33.6 Å². The number of piperidine rings is 1. The van der Waals surface area contributed by atoms with Crippen LogP contribution < -0.4 is 15.6 Å². The number of pyridine rings is 1. The number of carbonyl (C=O) groups excluding carboxylic acids is 2. The highest BCUT2D eigenvalue weighted by Gasteiger charge is 2.41. The molecule has 0 bridgehead atoms. The van der Waals surface area contributed by atoms with Gasteiger partial charge in [-0.15, -0.1) is 0 Å². The molecule has 46 heavy (non-hydrogen) atoms. The van der Waals surface area contributed by atoms with Crippen molar-refractivity contribution < 1.29 is 19.4 Å². The molecule has 11 nitrogen and oxygen atoms in total. The normalized spacial score (nSPS) is 16.2. The Morgan fingerprint density at radius 3 is 2.46 bits per heavy atom. The monoisotopic (exact) mass is 618 g/mol. The number of likely N-dealkylation sites (tertiary alicyclic amines) is 1. The number of imidazole rings is 1. The molecule has 4 N–H and O–H groups in total. The summed E-state index contributed by atoms with van der Waals surface area (Å²) in [5.74, 6) is 0.335. The Balaban J connectivity index is 1.07. The Labute approximate surface area is 264 Å². The smallest absolute Gasteiger partial charge is 0.261 e. The van der Waals surface area contributed by atoms with Crippen LogP contribution in [0.15, 0.2) is 83.8 Å². The Hall–Kier alpha value is -5.26. The third-order valence-corrected chi connectivity index (χ3v) is 8.70. The third-order valence-electron chi connectivity index (χ3n) is 8.70. The maximum absolute atomic E-state index is 13.4. The number of nitrogens with zero attached hydrogens (tertiary/aromatic N) is 3. The summed E-state index contributed by atoms with van der Waals surface area (Å²) in [5, 5.41) is 13.9. The van der Waals surface area contributed by atoms with E-state index < -0.39 is 6.10 Å². The number of aromatic amines is 2. The van der Waals surface area contributed by atoms with Gasteiger partial charge in [0.2, 0.25) is 0 Å². The molecular weight excluding hydrogens is 584 g/mol. The predicted molar refractivity (Wildman–Crippen MR) is 175 cm³/mol. The number of aliphatic hydroxyl groups is 1. The Morgan fingerprint density at radius 2 is 1.67 bits per heavy atom. The number of H-pyrrole nitrogens is 2. The minimum absolute atomic E-state index is 0.0300. The molecule has 1 fully saturated rings. The number of hydrogen-bond donors (Lipinski definition) is 4. The summed E-state index contributed by atoms with van der Waals surface area (Å²) in [6.07, 6.45) is 2.12. The number of nitrogens with one attached hydrogen (secondary N) is 3. The number of rotatable bonds is 9. The third kappa shape index (κ3) is 5.55. The van der Waals surface area contributed by atoms with Crippen molar-refractivity contribution in [1.29, 1.82) is 0 Å². The molecule has 11 heteroatoms. The maximum Gasteiger partial charge on any atom is 0.261 e. The van der Waals surface area contributed by atoms with Gasteiger partial charge in [0.15, 0.2) is 0 Å². The fraction of sp³-hybridized carbons (Fsp3) is 0.257. The summed E-state index contributed by atoms with van der Waals surface area (Å²) in [6.45, 7) is 1.80. The van der Waals surface area contributed by atoms with E-state index in [0.717, 1.165) is 37.1 Å². The number of aliphatic hydroxyl groups excluding tert-OH is 1. The molecule has 2 aliphatic rings. The number of aromatic nitrogens is 3. The Morgan fingerprint density at radius 1 is 0.957 bits per heavy atom. The van der Waals surface area contributed by atoms with E-state index >= 15 is 0 Å². The highest BCUT2D eigenvalue weighted by atomic mass is 16.5. The van der Waals surface area contributed by atoms with Gasteiger partial charge in [0.05, 0.1) is 27.8 Å². The topological polar surface area (TPSA) is 144 Å². The van der Waals surface area contributed by atoms with Gasteiger partial charge in [-0.25, -0.2) is 4.98 Å². The average molecular weight is 619 g/mol. The minimum Gasteiger partial charge on any atom is -0.490 e. The Kier molecular flexibility index (Phi) is 7.85. The second kappa shape index (κ2) is 12.3. The number of ether oxygens (including phenoxy) is 1. The number of amides is 2. The van der Waals surface area contributed by atoms with Gasteiger partial charge in [0.25, 0.3) is 17.4 Å². The second-order valence-corrected chi connectivity index (χ2v) is 11.8. The molecule has 3 aromatic carbocycles. The van der Waals surface area contributed by atoms with E-state index in [1.165, 1.54) is 11.1 Å². The van der Waals surface area contributed by atoms with Crippen molar-refractivity contribution in [2.24, 2.45) is 0 Å². The summed E-state index contributed by atoms with van der Waals surface area (Å²) >= 11 is 0. The van der Waals surface area contributed by atoms with Crippen LogP contribution in [0.4, 0.5) is 5.69 Å². The van der Waals surface area contributed by atoms with E-state index in [1.807, 2.05) is 61.6 Å². The van der Waals surface area contributed by atoms with Crippen LogP contribution in [0.2, 0.25) is 0 Å². The summed E-state index contributed by atoms with van der Waals surface area (Å²) in [5.41, 5.74) is 3.92. The number of carbonyl (C=O) groups is 2. The van der Waals surface area contributed by atoms with Crippen molar-refractivity contribution in [1.82, 2.24) is 24.8 Å². The van der Waals surface area contributed by atoms with E-state index in [-0.39, 0.29) is 48.0 Å². The highest BCUT2D eigenvalue weighted by Crippen LogP contribution is 2.33. The van der Waals surface area contributed by atoms with Gasteiger partial charge >= 0.3 is 0 Å². The van der Waals surface area contributed by atoms with E-state index in [1.54, 1.807) is 18.2 Å². The number of para-hydroxylation sites is 1. The van der Waals surface area contributed by atoms with Crippen LogP contribution in [0.25, 0.3) is 33.5 Å². The summed E-state index contributed by atoms with van der Waals surface area (Å²) < 4.78 is 5.99. The molecule has 0 spiro atoms. The Bertz CT molecular complexity index is 1930. The molecule has 2 aromatic heterocycles. The van der Waals surface area contributed by atoms with E-state index in [0.29, 0.717) is 33.6 Å². The summed E-state index contributed by atoms with van der Waals surface area (Å²) in [7, 11) is 2.03. The maximum atomic E-state index is 13.4. The van der Waals surface area contributed by atoms with Crippen molar-refractivity contribution in [3.05, 3.63) is 100 Å². The second-order valence-electron chi connectivity index (χ2n) is 11.8. The molecular formula is C35H34N6O5. The van der Waals surface area contributed by atoms with E-state index in [9.17, 15) is 19.5 Å². The fourth-order valence-electron chi connectivity index (χ4n) is 6.25.